The highest BCUT2D eigenvalue weighted by Gasteiger charge is 2.20. The number of aromatic nitrogens is 1. The minimum absolute atomic E-state index is 0.0978. The highest BCUT2D eigenvalue weighted by molar-refractivity contribution is 6.00. The number of aromatic amines is 1. The number of carbonyl (C=O) groups excluding carboxylic acids is 3. The van der Waals surface area contributed by atoms with Crippen molar-refractivity contribution < 1.29 is 19.1 Å². The van der Waals surface area contributed by atoms with Crippen LogP contribution in [0.5, 0.6) is 0 Å². The molecule has 6 heteroatoms. The molecule has 1 aromatic heterocycles. The van der Waals surface area contributed by atoms with Crippen LogP contribution in [0.3, 0.4) is 0 Å². The zero-order valence-electron chi connectivity index (χ0n) is 14.4. The lowest BCUT2D eigenvalue weighted by atomic mass is 10.1. The number of fused-ring (bicyclic) bond motifs is 1. The largest absolute Gasteiger partial charge is 0.448 e. The Morgan fingerprint density at radius 3 is 2.54 bits per heavy atom. The molecule has 0 spiro atoms. The summed E-state index contributed by atoms with van der Waals surface area (Å²) in [5, 5.41) is 3.53. The van der Waals surface area contributed by atoms with E-state index in [1.807, 2.05) is 24.3 Å². The van der Waals surface area contributed by atoms with Gasteiger partial charge < -0.3 is 15.0 Å². The quantitative estimate of drug-likeness (QED) is 0.544. The first-order valence-corrected chi connectivity index (χ1v) is 8.14. The minimum Gasteiger partial charge on any atom is -0.448 e. The number of Topliss-reactive ketones (excluding diaryl/α,β-unsaturated/α-hetero) is 1. The summed E-state index contributed by atoms with van der Waals surface area (Å²) in [4.78, 5) is 38.9. The van der Waals surface area contributed by atoms with E-state index < -0.39 is 18.0 Å². The Bertz CT molecular complexity index is 957. The smallest absolute Gasteiger partial charge is 0.355 e. The first-order valence-electron chi connectivity index (χ1n) is 8.14. The molecule has 0 aliphatic rings. The lowest BCUT2D eigenvalue weighted by Gasteiger charge is -2.13. The zero-order valence-corrected chi connectivity index (χ0v) is 14.4. The summed E-state index contributed by atoms with van der Waals surface area (Å²) in [6.07, 6.45) is -0.991. The van der Waals surface area contributed by atoms with Gasteiger partial charge in [0.15, 0.2) is 11.9 Å². The van der Waals surface area contributed by atoms with Gasteiger partial charge in [-0.1, -0.05) is 30.3 Å². The van der Waals surface area contributed by atoms with Crippen LogP contribution in [0.1, 0.15) is 34.7 Å². The van der Waals surface area contributed by atoms with Gasteiger partial charge in [-0.15, -0.1) is 0 Å². The topological polar surface area (TPSA) is 88.3 Å². The van der Waals surface area contributed by atoms with Crippen LogP contribution in [0.4, 0.5) is 5.69 Å². The number of benzene rings is 2. The third kappa shape index (κ3) is 3.80. The molecule has 0 radical (unpaired) electrons. The van der Waals surface area contributed by atoms with E-state index in [0.717, 1.165) is 10.9 Å². The van der Waals surface area contributed by atoms with E-state index >= 15 is 0 Å². The van der Waals surface area contributed by atoms with Crippen molar-refractivity contribution in [1.29, 1.82) is 0 Å². The Kier molecular flexibility index (Phi) is 4.84. The summed E-state index contributed by atoms with van der Waals surface area (Å²) in [6, 6.07) is 15.7. The second kappa shape index (κ2) is 7.23. The molecular weight excluding hydrogens is 332 g/mol. The molecule has 2 aromatic carbocycles. The van der Waals surface area contributed by atoms with E-state index in [0.29, 0.717) is 11.3 Å². The fourth-order valence-electron chi connectivity index (χ4n) is 2.52. The van der Waals surface area contributed by atoms with Crippen molar-refractivity contribution in [1.82, 2.24) is 4.98 Å². The molecule has 1 atom stereocenters. The Morgan fingerprint density at radius 2 is 1.81 bits per heavy atom. The van der Waals surface area contributed by atoms with E-state index in [9.17, 15) is 14.4 Å². The number of rotatable bonds is 5. The summed E-state index contributed by atoms with van der Waals surface area (Å²) >= 11 is 0. The van der Waals surface area contributed by atoms with E-state index in [-0.39, 0.29) is 11.5 Å². The van der Waals surface area contributed by atoms with Gasteiger partial charge >= 0.3 is 5.97 Å². The van der Waals surface area contributed by atoms with Gasteiger partial charge in [0.25, 0.3) is 5.91 Å². The maximum absolute atomic E-state index is 12.2. The van der Waals surface area contributed by atoms with Gasteiger partial charge in [0.2, 0.25) is 0 Å². The lowest BCUT2D eigenvalue weighted by Crippen LogP contribution is -2.30. The molecule has 0 bridgehead atoms. The van der Waals surface area contributed by atoms with Gasteiger partial charge in [-0.3, -0.25) is 9.59 Å². The molecule has 0 unspecified atom stereocenters. The summed E-state index contributed by atoms with van der Waals surface area (Å²) in [6.45, 7) is 2.94. The molecule has 2 N–H and O–H groups in total. The fraction of sp³-hybridized carbons (Fsp3) is 0.150. The Morgan fingerprint density at radius 1 is 1.04 bits per heavy atom. The maximum atomic E-state index is 12.2. The molecule has 0 saturated carbocycles. The van der Waals surface area contributed by atoms with Crippen molar-refractivity contribution in [2.24, 2.45) is 0 Å². The van der Waals surface area contributed by atoms with E-state index in [1.165, 1.54) is 13.8 Å². The highest BCUT2D eigenvalue weighted by Crippen LogP contribution is 2.16. The van der Waals surface area contributed by atoms with Crippen molar-refractivity contribution in [3.8, 4) is 0 Å². The van der Waals surface area contributed by atoms with Crippen LogP contribution in [0, 0.1) is 0 Å². The molecule has 26 heavy (non-hydrogen) atoms. The van der Waals surface area contributed by atoms with Gasteiger partial charge in [-0.2, -0.15) is 0 Å². The van der Waals surface area contributed by atoms with E-state index in [2.05, 4.69) is 10.3 Å². The molecule has 0 aliphatic heterocycles. The van der Waals surface area contributed by atoms with Gasteiger partial charge in [-0.25, -0.2) is 4.79 Å². The number of carbonyl (C=O) groups is 3. The number of para-hydroxylation sites is 1. The van der Waals surface area contributed by atoms with Crippen LogP contribution in [0.2, 0.25) is 0 Å². The fourth-order valence-corrected chi connectivity index (χ4v) is 2.52. The van der Waals surface area contributed by atoms with Crippen LogP contribution in [0.25, 0.3) is 10.9 Å². The second-order valence-electron chi connectivity index (χ2n) is 5.94. The molecule has 1 heterocycles. The number of hydrogen-bond donors (Lipinski definition) is 2. The van der Waals surface area contributed by atoms with Crippen molar-refractivity contribution >= 4 is 34.3 Å². The highest BCUT2D eigenvalue weighted by atomic mass is 16.5. The third-order valence-corrected chi connectivity index (χ3v) is 3.94. The molecule has 6 nitrogen and oxygen atoms in total. The summed E-state index contributed by atoms with van der Waals surface area (Å²) in [7, 11) is 0. The predicted molar refractivity (Wildman–Crippen MR) is 98.3 cm³/mol. The van der Waals surface area contributed by atoms with Gasteiger partial charge in [-0.05, 0) is 38.1 Å². The third-order valence-electron chi connectivity index (χ3n) is 3.94. The number of amides is 1. The average molecular weight is 350 g/mol. The number of esters is 1. The standard InChI is InChI=1S/C20H18N2O4/c1-12(23)14-7-5-8-16(10-14)21-19(24)13(2)26-20(25)18-11-15-6-3-4-9-17(15)22-18/h3-11,13,22H,1-2H3,(H,21,24)/t13-/m0/s1. The molecule has 0 fully saturated rings. The Balaban J connectivity index is 1.66. The van der Waals surface area contributed by atoms with Crippen LogP contribution in [-0.4, -0.2) is 28.7 Å². The van der Waals surface area contributed by atoms with Crippen molar-refractivity contribution in [2.75, 3.05) is 5.32 Å². The average Bonchev–Trinajstić information content (AvgIpc) is 3.06. The lowest BCUT2D eigenvalue weighted by molar-refractivity contribution is -0.123. The number of nitrogens with one attached hydrogen (secondary N) is 2. The molecule has 0 aliphatic carbocycles. The number of anilines is 1. The second-order valence-corrected chi connectivity index (χ2v) is 5.94. The first-order chi connectivity index (χ1) is 12.4. The summed E-state index contributed by atoms with van der Waals surface area (Å²) in [5.74, 6) is -1.18. The SMILES string of the molecule is CC(=O)c1cccc(NC(=O)[C@H](C)OC(=O)c2cc3ccccc3[nH]2)c1. The van der Waals surface area contributed by atoms with Crippen LogP contribution in [-0.2, 0) is 9.53 Å². The van der Waals surface area contributed by atoms with Crippen molar-refractivity contribution in [3.63, 3.8) is 0 Å². The van der Waals surface area contributed by atoms with E-state index in [1.54, 1.807) is 30.3 Å². The van der Waals surface area contributed by atoms with Crippen molar-refractivity contribution in [2.45, 2.75) is 20.0 Å². The predicted octanol–water partition coefficient (Wildman–Crippen LogP) is 3.55. The van der Waals surface area contributed by atoms with Crippen LogP contribution >= 0.6 is 0 Å². The normalized spacial score (nSPS) is 11.8. The number of hydrogen-bond acceptors (Lipinski definition) is 4. The number of ether oxygens (including phenoxy) is 1. The minimum atomic E-state index is -0.991. The molecule has 3 aromatic rings. The molecule has 1 amide bonds. The van der Waals surface area contributed by atoms with Gasteiger partial charge in [0.1, 0.15) is 5.69 Å². The van der Waals surface area contributed by atoms with Crippen LogP contribution in [0.15, 0.2) is 54.6 Å². The van der Waals surface area contributed by atoms with Crippen molar-refractivity contribution in [3.05, 3.63) is 65.9 Å². The van der Waals surface area contributed by atoms with E-state index in [4.69, 9.17) is 4.74 Å². The summed E-state index contributed by atoms with van der Waals surface area (Å²) < 4.78 is 5.23. The summed E-state index contributed by atoms with van der Waals surface area (Å²) in [5.41, 5.74) is 2.06. The molecule has 0 saturated heterocycles. The molecular formula is C20H18N2O4. The van der Waals surface area contributed by atoms with Gasteiger partial charge in [0.05, 0.1) is 0 Å². The first kappa shape index (κ1) is 17.4. The Labute approximate surface area is 150 Å². The maximum Gasteiger partial charge on any atom is 0.355 e. The van der Waals surface area contributed by atoms with Crippen LogP contribution < -0.4 is 5.32 Å². The number of ketones is 1. The monoisotopic (exact) mass is 350 g/mol. The molecule has 3 rings (SSSR count). The number of H-pyrrole nitrogens is 1. The van der Waals surface area contributed by atoms with Gasteiger partial charge in [0, 0.05) is 22.2 Å². The zero-order chi connectivity index (χ0) is 18.7. The Hall–Kier alpha value is -3.41. The molecule has 132 valence electrons.